The topological polar surface area (TPSA) is 17.1 Å². The minimum atomic E-state index is -0.947. The highest BCUT2D eigenvalue weighted by Crippen LogP contribution is 2.39. The highest BCUT2D eigenvalue weighted by Gasteiger charge is 2.19. The lowest BCUT2D eigenvalue weighted by Gasteiger charge is -2.05. The Bertz CT molecular complexity index is 349. The van der Waals surface area contributed by atoms with Crippen molar-refractivity contribution in [3.8, 4) is 0 Å². The molecule has 4 heteroatoms. The van der Waals surface area contributed by atoms with E-state index in [1.54, 1.807) is 0 Å². The van der Waals surface area contributed by atoms with Gasteiger partial charge in [-0.3, -0.25) is 4.79 Å². The predicted molar refractivity (Wildman–Crippen MR) is 65.5 cm³/mol. The summed E-state index contributed by atoms with van der Waals surface area (Å²) in [6.07, 6.45) is 2.25. The van der Waals surface area contributed by atoms with Gasteiger partial charge in [0.15, 0.2) is 6.29 Å². The third-order valence-corrected chi connectivity index (χ3v) is 4.92. The first-order valence-electron chi connectivity index (χ1n) is 4.99. The molecule has 0 fully saturated rings. The maximum atomic E-state index is 13.8. The van der Waals surface area contributed by atoms with Crippen LogP contribution in [0.4, 0.5) is 4.39 Å². The fraction of sp³-hybridized carbons (Fsp3) is 0.545. The molecule has 1 nitrogen and oxygen atoms in total. The molecule has 84 valence electrons. The number of hydrogen-bond donors (Lipinski definition) is 0. The Hall–Kier alpha value is -0.220. The number of hydrogen-bond acceptors (Lipinski definition) is 2. The molecule has 0 aromatic carbocycles. The maximum absolute atomic E-state index is 13.8. The van der Waals surface area contributed by atoms with E-state index in [0.717, 1.165) is 29.2 Å². The third-order valence-electron chi connectivity index (χ3n) is 2.34. The molecule has 0 N–H and O–H groups in total. The Kier molecular flexibility index (Phi) is 4.93. The molecule has 1 aromatic heterocycles. The Morgan fingerprint density at radius 3 is 2.73 bits per heavy atom. The smallest absolute Gasteiger partial charge is 0.160 e. The number of aldehydes is 1. The van der Waals surface area contributed by atoms with Crippen LogP contribution in [0.25, 0.3) is 0 Å². The van der Waals surface area contributed by atoms with E-state index in [1.807, 2.05) is 13.8 Å². The van der Waals surface area contributed by atoms with Crippen LogP contribution in [-0.4, -0.2) is 6.29 Å². The summed E-state index contributed by atoms with van der Waals surface area (Å²) in [5.41, 5.74) is 0.851. The van der Waals surface area contributed by atoms with E-state index in [9.17, 15) is 9.18 Å². The van der Waals surface area contributed by atoms with Gasteiger partial charge in [0, 0.05) is 4.47 Å². The molecule has 0 spiro atoms. The number of halogens is 2. The van der Waals surface area contributed by atoms with E-state index in [2.05, 4.69) is 15.9 Å². The summed E-state index contributed by atoms with van der Waals surface area (Å²) in [5, 5.41) is 0. The van der Waals surface area contributed by atoms with Crippen molar-refractivity contribution in [2.24, 2.45) is 0 Å². The van der Waals surface area contributed by atoms with E-state index in [4.69, 9.17) is 0 Å². The largest absolute Gasteiger partial charge is 0.297 e. The van der Waals surface area contributed by atoms with Crippen LogP contribution in [0.5, 0.6) is 0 Å². The molecule has 0 saturated carbocycles. The van der Waals surface area contributed by atoms with Gasteiger partial charge in [0.2, 0.25) is 0 Å². The van der Waals surface area contributed by atoms with Crippen molar-refractivity contribution >= 4 is 33.6 Å². The first-order chi connectivity index (χ1) is 7.11. The highest BCUT2D eigenvalue weighted by molar-refractivity contribution is 9.10. The minimum Gasteiger partial charge on any atom is -0.297 e. The number of carbonyl (C=O) groups is 1. The van der Waals surface area contributed by atoms with E-state index >= 15 is 0 Å². The monoisotopic (exact) mass is 292 g/mol. The van der Waals surface area contributed by atoms with Gasteiger partial charge in [-0.15, -0.1) is 11.3 Å². The molecule has 0 aliphatic heterocycles. The Balaban J connectivity index is 2.89. The van der Waals surface area contributed by atoms with Crippen LogP contribution in [0.15, 0.2) is 4.47 Å². The second-order valence-corrected chi connectivity index (χ2v) is 5.37. The summed E-state index contributed by atoms with van der Waals surface area (Å²) in [6, 6.07) is 0. The number of alkyl halides is 1. The SMILES string of the molecule is CCCCC(F)c1sc(C=O)c(C)c1Br. The van der Waals surface area contributed by atoms with Gasteiger partial charge in [0.05, 0.1) is 9.75 Å². The summed E-state index contributed by atoms with van der Waals surface area (Å²) in [5.74, 6) is 0. The second kappa shape index (κ2) is 5.75. The first kappa shape index (κ1) is 12.8. The van der Waals surface area contributed by atoms with Gasteiger partial charge in [-0.25, -0.2) is 4.39 Å². The fourth-order valence-electron chi connectivity index (χ4n) is 1.36. The van der Waals surface area contributed by atoms with Crippen LogP contribution >= 0.6 is 27.3 Å². The van der Waals surface area contributed by atoms with Crippen LogP contribution < -0.4 is 0 Å². The van der Waals surface area contributed by atoms with Crippen LogP contribution in [0, 0.1) is 6.92 Å². The van der Waals surface area contributed by atoms with Crippen LogP contribution in [0.1, 0.15) is 52.5 Å². The minimum absolute atomic E-state index is 0.535. The van der Waals surface area contributed by atoms with Crippen molar-refractivity contribution in [3.05, 3.63) is 19.8 Å². The molecule has 0 aliphatic carbocycles. The molecule has 0 radical (unpaired) electrons. The second-order valence-electron chi connectivity index (χ2n) is 3.50. The van der Waals surface area contributed by atoms with Crippen molar-refractivity contribution in [1.29, 1.82) is 0 Å². The molecular weight excluding hydrogens is 279 g/mol. The molecule has 0 aliphatic rings. The van der Waals surface area contributed by atoms with Gasteiger partial charge in [0.1, 0.15) is 6.17 Å². The van der Waals surface area contributed by atoms with Crippen LogP contribution in [-0.2, 0) is 0 Å². The standard InChI is InChI=1S/C11H14BrFOS/c1-3-4-5-8(13)11-10(12)7(2)9(6-14)15-11/h6,8H,3-5H2,1-2H3. The summed E-state index contributed by atoms with van der Waals surface area (Å²) >= 11 is 4.60. The molecule has 0 bridgehead atoms. The number of carbonyl (C=O) groups excluding carboxylic acids is 1. The third kappa shape index (κ3) is 2.88. The number of thiophene rings is 1. The quantitative estimate of drug-likeness (QED) is 0.710. The number of rotatable bonds is 5. The summed E-state index contributed by atoms with van der Waals surface area (Å²) < 4.78 is 14.5. The summed E-state index contributed by atoms with van der Waals surface area (Å²) in [4.78, 5) is 12.0. The van der Waals surface area contributed by atoms with E-state index in [0.29, 0.717) is 16.2 Å². The Morgan fingerprint density at radius 1 is 1.60 bits per heavy atom. The molecule has 0 saturated heterocycles. The van der Waals surface area contributed by atoms with Crippen LogP contribution in [0.3, 0.4) is 0 Å². The van der Waals surface area contributed by atoms with Gasteiger partial charge in [-0.1, -0.05) is 19.8 Å². The molecule has 1 heterocycles. The van der Waals surface area contributed by atoms with Crippen molar-refractivity contribution in [2.45, 2.75) is 39.3 Å². The summed E-state index contributed by atoms with van der Waals surface area (Å²) in [7, 11) is 0. The lowest BCUT2D eigenvalue weighted by atomic mass is 10.1. The zero-order valence-corrected chi connectivity index (χ0v) is 11.3. The van der Waals surface area contributed by atoms with Crippen molar-refractivity contribution < 1.29 is 9.18 Å². The van der Waals surface area contributed by atoms with E-state index in [1.165, 1.54) is 11.3 Å². The fourth-order valence-corrected chi connectivity index (χ4v) is 3.23. The first-order valence-corrected chi connectivity index (χ1v) is 6.60. The Morgan fingerprint density at radius 2 is 2.27 bits per heavy atom. The van der Waals surface area contributed by atoms with Crippen molar-refractivity contribution in [1.82, 2.24) is 0 Å². The average Bonchev–Trinajstić information content (AvgIpc) is 2.52. The maximum Gasteiger partial charge on any atom is 0.160 e. The predicted octanol–water partition coefficient (Wildman–Crippen LogP) is 4.83. The van der Waals surface area contributed by atoms with E-state index in [-0.39, 0.29) is 0 Å². The molecule has 1 aromatic rings. The van der Waals surface area contributed by atoms with Crippen molar-refractivity contribution in [2.75, 3.05) is 0 Å². The van der Waals surface area contributed by atoms with Crippen molar-refractivity contribution in [3.63, 3.8) is 0 Å². The molecule has 1 unspecified atom stereocenters. The van der Waals surface area contributed by atoms with Gasteiger partial charge < -0.3 is 0 Å². The van der Waals surface area contributed by atoms with E-state index < -0.39 is 6.17 Å². The Labute approximate surface area is 102 Å². The lowest BCUT2D eigenvalue weighted by molar-refractivity contribution is 0.112. The van der Waals surface area contributed by atoms with Gasteiger partial charge in [-0.05, 0) is 34.8 Å². The normalized spacial score (nSPS) is 12.8. The molecule has 1 atom stereocenters. The number of unbranched alkanes of at least 4 members (excludes halogenated alkanes) is 1. The van der Waals surface area contributed by atoms with Gasteiger partial charge >= 0.3 is 0 Å². The molecule has 0 amide bonds. The lowest BCUT2D eigenvalue weighted by Crippen LogP contribution is -1.89. The van der Waals surface area contributed by atoms with Gasteiger partial charge in [-0.2, -0.15) is 0 Å². The van der Waals surface area contributed by atoms with Crippen LogP contribution in [0.2, 0.25) is 0 Å². The average molecular weight is 293 g/mol. The zero-order valence-electron chi connectivity index (χ0n) is 8.85. The zero-order chi connectivity index (χ0) is 11.4. The highest BCUT2D eigenvalue weighted by atomic mass is 79.9. The van der Waals surface area contributed by atoms with Gasteiger partial charge in [0.25, 0.3) is 0 Å². The summed E-state index contributed by atoms with van der Waals surface area (Å²) in [6.45, 7) is 3.87. The molecule has 15 heavy (non-hydrogen) atoms. The molecule has 1 rings (SSSR count). The molecular formula is C11H14BrFOS.